The zero-order chi connectivity index (χ0) is 12.4. The van der Waals surface area contributed by atoms with Crippen LogP contribution in [-0.2, 0) is 11.3 Å². The van der Waals surface area contributed by atoms with Gasteiger partial charge < -0.3 is 10.1 Å². The average Bonchev–Trinajstić information content (AvgIpc) is 2.86. The zero-order valence-electron chi connectivity index (χ0n) is 9.76. The fourth-order valence-electron chi connectivity index (χ4n) is 2.31. The summed E-state index contributed by atoms with van der Waals surface area (Å²) in [6, 6.07) is 0. The molecule has 1 fully saturated rings. The van der Waals surface area contributed by atoms with Gasteiger partial charge in [-0.05, 0) is 24.7 Å². The summed E-state index contributed by atoms with van der Waals surface area (Å²) < 4.78 is 1.38. The maximum absolute atomic E-state index is 11.9. The van der Waals surface area contributed by atoms with Crippen molar-refractivity contribution in [2.45, 2.75) is 39.2 Å². The lowest BCUT2D eigenvalue weighted by Gasteiger charge is -2.05. The lowest BCUT2D eigenvalue weighted by Crippen LogP contribution is -2.18. The second-order valence-electron chi connectivity index (χ2n) is 4.54. The van der Waals surface area contributed by atoms with Crippen LogP contribution >= 0.6 is 0 Å². The third-order valence-corrected chi connectivity index (χ3v) is 3.22. The van der Waals surface area contributed by atoms with Gasteiger partial charge in [-0.2, -0.15) is 4.68 Å². The van der Waals surface area contributed by atoms with Crippen molar-refractivity contribution in [1.82, 2.24) is 9.78 Å². The molecule has 0 bridgehead atoms. The maximum Gasteiger partial charge on any atom is 0.392 e. The highest BCUT2D eigenvalue weighted by atomic mass is 16.6. The van der Waals surface area contributed by atoms with E-state index >= 15 is 0 Å². The Labute approximate surface area is 98.8 Å². The molecule has 2 rings (SSSR count). The van der Waals surface area contributed by atoms with Gasteiger partial charge >= 0.3 is 5.82 Å². The fourth-order valence-corrected chi connectivity index (χ4v) is 2.31. The first-order chi connectivity index (χ1) is 8.08. The molecule has 0 aromatic carbocycles. The Morgan fingerprint density at radius 2 is 2.24 bits per heavy atom. The maximum atomic E-state index is 11.9. The van der Waals surface area contributed by atoms with Crippen LogP contribution in [-0.4, -0.2) is 20.5 Å². The monoisotopic (exact) mass is 237 g/mol. The standard InChI is InChI=1S/C11H15N3O3/c1-8-6-13(12-11(8)14(16)17)7-10(15)9-4-2-3-5-9/h6,9H,2-5,7H2,1H3. The first kappa shape index (κ1) is 11.8. The molecular weight excluding hydrogens is 222 g/mol. The molecule has 0 saturated heterocycles. The molecule has 0 atom stereocenters. The van der Waals surface area contributed by atoms with Crippen LogP contribution in [0.15, 0.2) is 6.20 Å². The summed E-state index contributed by atoms with van der Waals surface area (Å²) in [7, 11) is 0. The number of aryl methyl sites for hydroxylation is 1. The van der Waals surface area contributed by atoms with Gasteiger partial charge in [-0.25, -0.2) is 0 Å². The summed E-state index contributed by atoms with van der Waals surface area (Å²) in [5, 5.41) is 14.4. The summed E-state index contributed by atoms with van der Waals surface area (Å²) in [6.45, 7) is 1.78. The number of nitrogens with zero attached hydrogens (tertiary/aromatic N) is 3. The van der Waals surface area contributed by atoms with Gasteiger partial charge in [0.1, 0.15) is 6.54 Å². The smallest absolute Gasteiger partial charge is 0.358 e. The largest absolute Gasteiger partial charge is 0.392 e. The number of hydrogen-bond donors (Lipinski definition) is 0. The van der Waals surface area contributed by atoms with Crippen molar-refractivity contribution in [1.29, 1.82) is 0 Å². The topological polar surface area (TPSA) is 78.0 Å². The minimum absolute atomic E-state index is 0.124. The highest BCUT2D eigenvalue weighted by Crippen LogP contribution is 2.26. The Hall–Kier alpha value is -1.72. The molecule has 1 saturated carbocycles. The van der Waals surface area contributed by atoms with E-state index in [0.29, 0.717) is 5.56 Å². The second kappa shape index (κ2) is 4.65. The van der Waals surface area contributed by atoms with Gasteiger partial charge in [0.25, 0.3) is 0 Å². The Bertz CT molecular complexity index is 447. The number of carbonyl (C=O) groups excluding carboxylic acids is 1. The molecule has 0 spiro atoms. The normalized spacial score (nSPS) is 16.3. The lowest BCUT2D eigenvalue weighted by atomic mass is 10.0. The Kier molecular flexibility index (Phi) is 3.21. The molecule has 6 nitrogen and oxygen atoms in total. The Morgan fingerprint density at radius 1 is 1.59 bits per heavy atom. The minimum Gasteiger partial charge on any atom is -0.358 e. The molecule has 0 radical (unpaired) electrons. The molecule has 0 N–H and O–H groups in total. The quantitative estimate of drug-likeness (QED) is 0.591. The lowest BCUT2D eigenvalue weighted by molar-refractivity contribution is -0.390. The number of rotatable bonds is 4. The van der Waals surface area contributed by atoms with Crippen molar-refractivity contribution in [3.63, 3.8) is 0 Å². The van der Waals surface area contributed by atoms with E-state index in [9.17, 15) is 14.9 Å². The van der Waals surface area contributed by atoms with E-state index in [-0.39, 0.29) is 24.1 Å². The molecule has 92 valence electrons. The molecule has 6 heteroatoms. The van der Waals surface area contributed by atoms with E-state index in [1.807, 2.05) is 0 Å². The summed E-state index contributed by atoms with van der Waals surface area (Å²) in [5.41, 5.74) is 0.495. The predicted octanol–water partition coefficient (Wildman–Crippen LogP) is 1.86. The minimum atomic E-state index is -0.522. The van der Waals surface area contributed by atoms with E-state index in [1.165, 1.54) is 4.68 Å². The highest BCUT2D eigenvalue weighted by Gasteiger charge is 2.25. The number of Topliss-reactive ketones (excluding diaryl/α,β-unsaturated/α-hetero) is 1. The summed E-state index contributed by atoms with van der Waals surface area (Å²) in [5.74, 6) is 0.0997. The molecule has 1 aromatic heterocycles. The van der Waals surface area contributed by atoms with Crippen molar-refractivity contribution in [2.24, 2.45) is 5.92 Å². The van der Waals surface area contributed by atoms with Crippen molar-refractivity contribution in [3.8, 4) is 0 Å². The molecule has 1 aliphatic rings. The van der Waals surface area contributed by atoms with Crippen LogP contribution in [0.25, 0.3) is 0 Å². The third-order valence-electron chi connectivity index (χ3n) is 3.22. The summed E-state index contributed by atoms with van der Waals surface area (Å²) >= 11 is 0. The van der Waals surface area contributed by atoms with Crippen LogP contribution < -0.4 is 0 Å². The van der Waals surface area contributed by atoms with Gasteiger partial charge in [-0.3, -0.25) is 4.79 Å². The predicted molar refractivity (Wildman–Crippen MR) is 60.6 cm³/mol. The van der Waals surface area contributed by atoms with Crippen molar-refractivity contribution in [3.05, 3.63) is 21.9 Å². The van der Waals surface area contributed by atoms with Crippen molar-refractivity contribution < 1.29 is 9.72 Å². The number of carbonyl (C=O) groups is 1. The van der Waals surface area contributed by atoms with Crippen LogP contribution in [0.5, 0.6) is 0 Å². The van der Waals surface area contributed by atoms with Crippen LogP contribution in [0.3, 0.4) is 0 Å². The first-order valence-corrected chi connectivity index (χ1v) is 5.79. The molecule has 1 aliphatic carbocycles. The summed E-state index contributed by atoms with van der Waals surface area (Å²) in [4.78, 5) is 22.0. The molecule has 0 unspecified atom stereocenters. The Balaban J connectivity index is 2.05. The van der Waals surface area contributed by atoms with Gasteiger partial charge in [0.05, 0.1) is 16.9 Å². The molecule has 1 heterocycles. The molecular formula is C11H15N3O3. The first-order valence-electron chi connectivity index (χ1n) is 5.79. The van der Waals surface area contributed by atoms with Gasteiger partial charge in [0.2, 0.25) is 0 Å². The number of nitro groups is 1. The van der Waals surface area contributed by atoms with Crippen LogP contribution in [0.2, 0.25) is 0 Å². The summed E-state index contributed by atoms with van der Waals surface area (Å²) in [6.07, 6.45) is 5.66. The average molecular weight is 237 g/mol. The molecule has 1 aromatic rings. The zero-order valence-corrected chi connectivity index (χ0v) is 9.76. The van der Waals surface area contributed by atoms with E-state index in [4.69, 9.17) is 0 Å². The highest BCUT2D eigenvalue weighted by molar-refractivity contribution is 5.81. The van der Waals surface area contributed by atoms with Gasteiger partial charge in [0, 0.05) is 5.92 Å². The van der Waals surface area contributed by atoms with Gasteiger partial charge in [-0.15, -0.1) is 0 Å². The van der Waals surface area contributed by atoms with E-state index in [1.54, 1.807) is 13.1 Å². The molecule has 17 heavy (non-hydrogen) atoms. The van der Waals surface area contributed by atoms with E-state index < -0.39 is 4.92 Å². The van der Waals surface area contributed by atoms with E-state index in [2.05, 4.69) is 5.10 Å². The number of aromatic nitrogens is 2. The van der Waals surface area contributed by atoms with Gasteiger partial charge in [0.15, 0.2) is 5.78 Å². The van der Waals surface area contributed by atoms with Crippen molar-refractivity contribution in [2.75, 3.05) is 0 Å². The van der Waals surface area contributed by atoms with Gasteiger partial charge in [-0.1, -0.05) is 12.8 Å². The molecule has 0 aliphatic heterocycles. The number of ketones is 1. The SMILES string of the molecule is Cc1cn(CC(=O)C2CCCC2)nc1[N+](=O)[O-]. The second-order valence-corrected chi connectivity index (χ2v) is 4.54. The molecule has 0 amide bonds. The number of hydrogen-bond acceptors (Lipinski definition) is 4. The Morgan fingerprint density at radius 3 is 2.76 bits per heavy atom. The van der Waals surface area contributed by atoms with E-state index in [0.717, 1.165) is 25.7 Å². The van der Waals surface area contributed by atoms with Crippen LogP contribution in [0, 0.1) is 23.0 Å². The van der Waals surface area contributed by atoms with Crippen LogP contribution in [0.4, 0.5) is 5.82 Å². The van der Waals surface area contributed by atoms with Crippen LogP contribution in [0.1, 0.15) is 31.2 Å². The fraction of sp³-hybridized carbons (Fsp3) is 0.636. The third kappa shape index (κ3) is 2.51. The van der Waals surface area contributed by atoms with Crippen molar-refractivity contribution >= 4 is 11.6 Å².